The predicted molar refractivity (Wildman–Crippen MR) is 189 cm³/mol. The van der Waals surface area contributed by atoms with Gasteiger partial charge in [-0.3, -0.25) is 4.79 Å². The third-order valence-electron chi connectivity index (χ3n) is 9.36. The predicted octanol–water partition coefficient (Wildman–Crippen LogP) is 7.27. The fourth-order valence-electron chi connectivity index (χ4n) is 6.83. The molecule has 1 amide bonds. The molecule has 1 aromatic heterocycles. The molecule has 9 heteroatoms. The molecule has 9 nitrogen and oxygen atoms in total. The quantitative estimate of drug-likeness (QED) is 0.115. The number of hydrogen-bond acceptors (Lipinski definition) is 8. The van der Waals surface area contributed by atoms with Crippen LogP contribution in [-0.2, 0) is 16.8 Å². The molecule has 0 radical (unpaired) electrons. The SMILES string of the molecule is Cc1nc(-c2ccc3c(c2)C(C)(c2ccccc2)C(c2cc(N)cc(-c4ccc(C(N)=O)cc4C(=O)OCc4ccccc4)c2)CN3)no1. The lowest BCUT2D eigenvalue weighted by molar-refractivity contribution is 0.0473. The Hall–Kier alpha value is -6.22. The number of carbonyl (C=O) groups is 2. The topological polar surface area (TPSA) is 146 Å². The van der Waals surface area contributed by atoms with Crippen molar-refractivity contribution in [3.8, 4) is 22.5 Å². The van der Waals surface area contributed by atoms with Crippen LogP contribution in [-0.4, -0.2) is 28.6 Å². The van der Waals surface area contributed by atoms with Crippen molar-refractivity contribution in [3.63, 3.8) is 0 Å². The first-order valence-electron chi connectivity index (χ1n) is 16.0. The molecule has 2 unspecified atom stereocenters. The maximum atomic E-state index is 13.6. The summed E-state index contributed by atoms with van der Waals surface area (Å²) in [5.74, 6) is -0.287. The molecule has 244 valence electrons. The van der Waals surface area contributed by atoms with Gasteiger partial charge in [0, 0.05) is 47.3 Å². The zero-order chi connectivity index (χ0) is 34.1. The molecule has 1 aliphatic rings. The number of aryl methyl sites for hydroxylation is 1. The molecule has 5 N–H and O–H groups in total. The fraction of sp³-hybridized carbons (Fsp3) is 0.150. The number of nitrogens with two attached hydrogens (primary N) is 2. The summed E-state index contributed by atoms with van der Waals surface area (Å²) in [4.78, 5) is 30.2. The normalized spacial score (nSPS) is 16.7. The smallest absolute Gasteiger partial charge is 0.339 e. The second-order valence-electron chi connectivity index (χ2n) is 12.5. The van der Waals surface area contributed by atoms with Gasteiger partial charge in [0.2, 0.25) is 17.6 Å². The van der Waals surface area contributed by atoms with E-state index in [2.05, 4.69) is 52.7 Å². The van der Waals surface area contributed by atoms with Crippen molar-refractivity contribution in [1.82, 2.24) is 10.1 Å². The van der Waals surface area contributed by atoms with Gasteiger partial charge >= 0.3 is 5.97 Å². The van der Waals surface area contributed by atoms with Crippen LogP contribution in [0.2, 0.25) is 0 Å². The fourth-order valence-corrected chi connectivity index (χ4v) is 6.83. The van der Waals surface area contributed by atoms with E-state index in [1.54, 1.807) is 19.1 Å². The van der Waals surface area contributed by atoms with Gasteiger partial charge in [-0.25, -0.2) is 4.79 Å². The van der Waals surface area contributed by atoms with Crippen LogP contribution in [0.4, 0.5) is 11.4 Å². The van der Waals surface area contributed by atoms with E-state index >= 15 is 0 Å². The first kappa shape index (κ1) is 31.4. The Balaban J connectivity index is 1.33. The van der Waals surface area contributed by atoms with Gasteiger partial charge in [-0.05, 0) is 75.8 Å². The molecule has 49 heavy (non-hydrogen) atoms. The summed E-state index contributed by atoms with van der Waals surface area (Å²) in [6.07, 6.45) is 0. The summed E-state index contributed by atoms with van der Waals surface area (Å²) in [5, 5.41) is 7.82. The Bertz CT molecular complexity index is 2180. The highest BCUT2D eigenvalue weighted by Crippen LogP contribution is 2.51. The van der Waals surface area contributed by atoms with Crippen LogP contribution in [0.25, 0.3) is 22.5 Å². The number of rotatable bonds is 8. The standard InChI is InChI=1S/C40H35N5O4/c1-24-44-38(45-49-24)27-14-16-36-34(21-27)40(2,30-11-7-4-8-12-30)35(22-43-36)29-17-28(18-31(41)19-29)32-15-13-26(37(42)46)20-33(32)39(47)48-23-25-9-5-3-6-10-25/h3-21,35,43H,22-23,41H2,1-2H3,(H2,42,46). The molecule has 1 aliphatic heterocycles. The Kier molecular flexibility index (Phi) is 8.17. The van der Waals surface area contributed by atoms with Crippen LogP contribution >= 0.6 is 0 Å². The molecule has 2 atom stereocenters. The number of primary amides is 1. The maximum absolute atomic E-state index is 13.6. The summed E-state index contributed by atoms with van der Waals surface area (Å²) in [7, 11) is 0. The van der Waals surface area contributed by atoms with Crippen molar-refractivity contribution in [2.45, 2.75) is 31.8 Å². The number of nitrogens with zero attached hydrogens (tertiary/aromatic N) is 2. The van der Waals surface area contributed by atoms with Crippen molar-refractivity contribution < 1.29 is 18.8 Å². The van der Waals surface area contributed by atoms with E-state index in [4.69, 9.17) is 20.7 Å². The Morgan fingerprint density at radius 1 is 0.918 bits per heavy atom. The first-order valence-corrected chi connectivity index (χ1v) is 16.0. The zero-order valence-corrected chi connectivity index (χ0v) is 27.1. The van der Waals surface area contributed by atoms with Crippen LogP contribution < -0.4 is 16.8 Å². The summed E-state index contributed by atoms with van der Waals surface area (Å²) in [5.41, 5.74) is 19.9. The molecule has 0 spiro atoms. The lowest BCUT2D eigenvalue weighted by Gasteiger charge is -2.45. The maximum Gasteiger partial charge on any atom is 0.339 e. The molecular weight excluding hydrogens is 614 g/mol. The molecule has 0 saturated heterocycles. The molecule has 0 saturated carbocycles. The van der Waals surface area contributed by atoms with Crippen LogP contribution in [0.1, 0.15) is 61.7 Å². The minimum atomic E-state index is -0.641. The summed E-state index contributed by atoms with van der Waals surface area (Å²) in [6.45, 7) is 4.72. The van der Waals surface area contributed by atoms with E-state index < -0.39 is 17.3 Å². The van der Waals surface area contributed by atoms with Gasteiger partial charge in [0.25, 0.3) is 0 Å². The van der Waals surface area contributed by atoms with Crippen molar-refractivity contribution in [3.05, 3.63) is 155 Å². The van der Waals surface area contributed by atoms with Gasteiger partial charge in [-0.15, -0.1) is 0 Å². The third-order valence-corrected chi connectivity index (χ3v) is 9.36. The minimum absolute atomic E-state index is 0.0795. The third kappa shape index (κ3) is 6.02. The number of ether oxygens (including phenoxy) is 1. The molecule has 6 aromatic rings. The first-order chi connectivity index (χ1) is 23.7. The average molecular weight is 650 g/mol. The number of fused-ring (bicyclic) bond motifs is 1. The second-order valence-corrected chi connectivity index (χ2v) is 12.5. The van der Waals surface area contributed by atoms with E-state index in [1.165, 1.54) is 6.07 Å². The number of carbonyl (C=O) groups excluding carboxylic acids is 2. The van der Waals surface area contributed by atoms with Crippen LogP contribution in [0.3, 0.4) is 0 Å². The number of esters is 1. The molecule has 2 heterocycles. The van der Waals surface area contributed by atoms with Gasteiger partial charge in [-0.2, -0.15) is 4.98 Å². The number of amides is 1. The molecule has 0 fully saturated rings. The summed E-state index contributed by atoms with van der Waals surface area (Å²) in [6, 6.07) is 36.7. The van der Waals surface area contributed by atoms with Gasteiger partial charge < -0.3 is 26.0 Å². The summed E-state index contributed by atoms with van der Waals surface area (Å²) < 4.78 is 11.0. The van der Waals surface area contributed by atoms with E-state index in [1.807, 2.05) is 66.7 Å². The second kappa shape index (κ2) is 12.8. The Morgan fingerprint density at radius 3 is 2.39 bits per heavy atom. The van der Waals surface area contributed by atoms with Crippen molar-refractivity contribution in [1.29, 1.82) is 0 Å². The molecule has 5 aromatic carbocycles. The molecule has 0 aliphatic carbocycles. The highest BCUT2D eigenvalue weighted by atomic mass is 16.5. The van der Waals surface area contributed by atoms with E-state index in [0.717, 1.165) is 39.1 Å². The lowest BCUT2D eigenvalue weighted by atomic mass is 9.62. The van der Waals surface area contributed by atoms with Gasteiger partial charge in [0.05, 0.1) is 5.56 Å². The van der Waals surface area contributed by atoms with E-state index in [0.29, 0.717) is 29.5 Å². The van der Waals surface area contributed by atoms with Crippen LogP contribution in [0.5, 0.6) is 0 Å². The molecular formula is C40H35N5O4. The number of nitrogens with one attached hydrogen (secondary N) is 1. The van der Waals surface area contributed by atoms with Gasteiger partial charge in [0.1, 0.15) is 6.61 Å². The Labute approximate surface area is 283 Å². The van der Waals surface area contributed by atoms with Crippen LogP contribution in [0.15, 0.2) is 120 Å². The van der Waals surface area contributed by atoms with Crippen molar-refractivity contribution >= 4 is 23.3 Å². The summed E-state index contributed by atoms with van der Waals surface area (Å²) >= 11 is 0. The minimum Gasteiger partial charge on any atom is -0.457 e. The monoisotopic (exact) mass is 649 g/mol. The van der Waals surface area contributed by atoms with Gasteiger partial charge in [-0.1, -0.05) is 84.9 Å². The average Bonchev–Trinajstić information content (AvgIpc) is 3.57. The number of aromatic nitrogens is 2. The lowest BCUT2D eigenvalue weighted by Crippen LogP contribution is -2.40. The van der Waals surface area contributed by atoms with Crippen molar-refractivity contribution in [2.75, 3.05) is 17.6 Å². The zero-order valence-electron chi connectivity index (χ0n) is 27.1. The van der Waals surface area contributed by atoms with Crippen molar-refractivity contribution in [2.24, 2.45) is 5.73 Å². The molecule has 7 rings (SSSR count). The van der Waals surface area contributed by atoms with E-state index in [9.17, 15) is 9.59 Å². The van der Waals surface area contributed by atoms with Gasteiger partial charge in [0.15, 0.2) is 0 Å². The Morgan fingerprint density at radius 2 is 1.67 bits per heavy atom. The van der Waals surface area contributed by atoms with E-state index in [-0.39, 0.29) is 23.7 Å². The van der Waals surface area contributed by atoms with Crippen LogP contribution in [0, 0.1) is 6.92 Å². The number of anilines is 2. The number of benzene rings is 5. The highest BCUT2D eigenvalue weighted by molar-refractivity contribution is 6.02. The largest absolute Gasteiger partial charge is 0.457 e. The highest BCUT2D eigenvalue weighted by Gasteiger charge is 2.43. The number of nitrogen functional groups attached to an aromatic ring is 1. The molecule has 0 bridgehead atoms. The number of hydrogen-bond donors (Lipinski definition) is 3.